The average molecular weight is 292 g/mol. The molecule has 2 unspecified atom stereocenters. The molecule has 1 aromatic carbocycles. The zero-order chi connectivity index (χ0) is 15.7. The normalized spacial score (nSPS) is 14.0. The molecule has 0 fully saturated rings. The van der Waals surface area contributed by atoms with Crippen LogP contribution in [0.2, 0.25) is 0 Å². The third-order valence-electron chi connectivity index (χ3n) is 3.41. The summed E-state index contributed by atoms with van der Waals surface area (Å²) in [6, 6.07) is 10.2. The molecule has 4 nitrogen and oxygen atoms in total. The molecule has 0 spiro atoms. The second-order valence-electron chi connectivity index (χ2n) is 5.90. The lowest BCUT2D eigenvalue weighted by Crippen LogP contribution is -2.35. The van der Waals surface area contributed by atoms with Crippen LogP contribution in [0.25, 0.3) is 0 Å². The smallest absolute Gasteiger partial charge is 0.310 e. The molecule has 0 saturated heterocycles. The van der Waals surface area contributed by atoms with Crippen molar-refractivity contribution >= 4 is 5.97 Å². The van der Waals surface area contributed by atoms with Crippen LogP contribution < -0.4 is 5.32 Å². The molecule has 0 aromatic heterocycles. The molecule has 1 rings (SSSR count). The summed E-state index contributed by atoms with van der Waals surface area (Å²) < 4.78 is 5.33. The lowest BCUT2D eigenvalue weighted by molar-refractivity contribution is -0.149. The molecule has 0 bridgehead atoms. The minimum Gasteiger partial charge on any atom is -0.461 e. The van der Waals surface area contributed by atoms with E-state index in [4.69, 9.17) is 4.74 Å². The first-order chi connectivity index (χ1) is 9.99. The van der Waals surface area contributed by atoms with Gasteiger partial charge < -0.3 is 15.0 Å². The lowest BCUT2D eigenvalue weighted by Gasteiger charge is -2.19. The third-order valence-corrected chi connectivity index (χ3v) is 3.41. The molecule has 0 saturated carbocycles. The highest BCUT2D eigenvalue weighted by atomic mass is 16.5. The van der Waals surface area contributed by atoms with Crippen molar-refractivity contribution in [3.63, 3.8) is 0 Å². The van der Waals surface area contributed by atoms with Crippen LogP contribution in [0.4, 0.5) is 0 Å². The van der Waals surface area contributed by atoms with Crippen LogP contribution in [0.15, 0.2) is 30.3 Å². The van der Waals surface area contributed by atoms with Gasteiger partial charge in [-0.25, -0.2) is 0 Å². The fourth-order valence-electron chi connectivity index (χ4n) is 1.89. The quantitative estimate of drug-likeness (QED) is 0.709. The Morgan fingerprint density at radius 3 is 2.52 bits per heavy atom. The second-order valence-corrected chi connectivity index (χ2v) is 5.90. The molecule has 0 heterocycles. The SMILES string of the molecule is CC(CCN(C)C)NCC(C)C(=O)OCc1ccccc1. The van der Waals surface area contributed by atoms with Gasteiger partial charge in [0.2, 0.25) is 0 Å². The third kappa shape index (κ3) is 7.83. The zero-order valence-corrected chi connectivity index (χ0v) is 13.6. The Labute approximate surface area is 128 Å². The molecule has 4 heteroatoms. The van der Waals surface area contributed by atoms with Gasteiger partial charge in [0.25, 0.3) is 0 Å². The summed E-state index contributed by atoms with van der Waals surface area (Å²) in [5, 5.41) is 3.39. The molecule has 2 atom stereocenters. The Morgan fingerprint density at radius 2 is 1.90 bits per heavy atom. The summed E-state index contributed by atoms with van der Waals surface area (Å²) in [5.74, 6) is -0.276. The number of carbonyl (C=O) groups is 1. The van der Waals surface area contributed by atoms with Crippen molar-refractivity contribution in [2.24, 2.45) is 5.92 Å². The molecule has 21 heavy (non-hydrogen) atoms. The van der Waals surface area contributed by atoms with Gasteiger partial charge >= 0.3 is 5.97 Å². The van der Waals surface area contributed by atoms with Gasteiger partial charge in [0.05, 0.1) is 5.92 Å². The van der Waals surface area contributed by atoms with Crippen LogP contribution in [0, 0.1) is 5.92 Å². The number of rotatable bonds is 9. The van der Waals surface area contributed by atoms with Crippen LogP contribution in [0.3, 0.4) is 0 Å². The molecule has 0 aliphatic heterocycles. The molecule has 0 amide bonds. The summed E-state index contributed by atoms with van der Waals surface area (Å²) in [7, 11) is 4.13. The van der Waals surface area contributed by atoms with E-state index in [0.717, 1.165) is 18.5 Å². The van der Waals surface area contributed by atoms with Gasteiger partial charge in [-0.2, -0.15) is 0 Å². The van der Waals surface area contributed by atoms with E-state index in [0.29, 0.717) is 19.2 Å². The van der Waals surface area contributed by atoms with Crippen LogP contribution >= 0.6 is 0 Å². The van der Waals surface area contributed by atoms with Crippen molar-refractivity contribution < 1.29 is 9.53 Å². The van der Waals surface area contributed by atoms with E-state index in [-0.39, 0.29) is 11.9 Å². The molecule has 0 radical (unpaired) electrons. The minimum atomic E-state index is -0.147. The largest absolute Gasteiger partial charge is 0.461 e. The highest BCUT2D eigenvalue weighted by molar-refractivity contribution is 5.72. The molecule has 1 N–H and O–H groups in total. The number of carbonyl (C=O) groups excluding carboxylic acids is 1. The van der Waals surface area contributed by atoms with Crippen molar-refractivity contribution in [3.05, 3.63) is 35.9 Å². The van der Waals surface area contributed by atoms with Crippen LogP contribution in [0.1, 0.15) is 25.8 Å². The number of hydrogen-bond donors (Lipinski definition) is 1. The van der Waals surface area contributed by atoms with E-state index in [1.807, 2.05) is 37.3 Å². The Kier molecular flexibility index (Phi) is 8.01. The van der Waals surface area contributed by atoms with Gasteiger partial charge in [0, 0.05) is 12.6 Å². The first-order valence-electron chi connectivity index (χ1n) is 7.57. The summed E-state index contributed by atoms with van der Waals surface area (Å²) in [5.41, 5.74) is 1.02. The minimum absolute atomic E-state index is 0.129. The van der Waals surface area contributed by atoms with E-state index >= 15 is 0 Å². The monoisotopic (exact) mass is 292 g/mol. The average Bonchev–Trinajstić information content (AvgIpc) is 2.49. The predicted octanol–water partition coefficient (Wildman–Crippen LogP) is 2.30. The molecule has 118 valence electrons. The van der Waals surface area contributed by atoms with Gasteiger partial charge in [-0.1, -0.05) is 37.3 Å². The standard InChI is InChI=1S/C17H28N2O2/c1-14(12-18-15(2)10-11-19(3)4)17(20)21-13-16-8-6-5-7-9-16/h5-9,14-15,18H,10-13H2,1-4H3. The van der Waals surface area contributed by atoms with E-state index in [1.165, 1.54) is 0 Å². The predicted molar refractivity (Wildman–Crippen MR) is 86.0 cm³/mol. The number of ether oxygens (including phenoxy) is 1. The Bertz CT molecular complexity index is 407. The van der Waals surface area contributed by atoms with Crippen LogP contribution in [-0.4, -0.2) is 44.1 Å². The molecule has 0 aliphatic carbocycles. The van der Waals surface area contributed by atoms with Gasteiger partial charge in [-0.05, 0) is 39.5 Å². The number of nitrogens with one attached hydrogen (secondary N) is 1. The Morgan fingerprint density at radius 1 is 1.24 bits per heavy atom. The fraction of sp³-hybridized carbons (Fsp3) is 0.588. The first-order valence-corrected chi connectivity index (χ1v) is 7.57. The van der Waals surface area contributed by atoms with Gasteiger partial charge in [0.15, 0.2) is 0 Å². The summed E-state index contributed by atoms with van der Waals surface area (Å²) in [6.07, 6.45) is 1.07. The van der Waals surface area contributed by atoms with E-state index in [2.05, 4.69) is 31.2 Å². The number of benzene rings is 1. The number of nitrogens with zero attached hydrogens (tertiary/aromatic N) is 1. The maximum atomic E-state index is 11.9. The van der Waals surface area contributed by atoms with Crippen molar-refractivity contribution in [2.45, 2.75) is 32.9 Å². The number of esters is 1. The molecule has 1 aromatic rings. The van der Waals surface area contributed by atoms with Crippen LogP contribution in [-0.2, 0) is 16.1 Å². The maximum absolute atomic E-state index is 11.9. The van der Waals surface area contributed by atoms with E-state index in [1.54, 1.807) is 0 Å². The van der Waals surface area contributed by atoms with Crippen molar-refractivity contribution in [3.8, 4) is 0 Å². The molecular formula is C17H28N2O2. The summed E-state index contributed by atoms with van der Waals surface area (Å²) >= 11 is 0. The summed E-state index contributed by atoms with van der Waals surface area (Å²) in [4.78, 5) is 14.1. The topological polar surface area (TPSA) is 41.6 Å². The maximum Gasteiger partial charge on any atom is 0.310 e. The Balaban J connectivity index is 2.22. The van der Waals surface area contributed by atoms with Gasteiger partial charge in [-0.15, -0.1) is 0 Å². The van der Waals surface area contributed by atoms with Crippen molar-refractivity contribution in [1.82, 2.24) is 10.2 Å². The highest BCUT2D eigenvalue weighted by Crippen LogP contribution is 2.05. The van der Waals surface area contributed by atoms with Crippen molar-refractivity contribution in [1.29, 1.82) is 0 Å². The zero-order valence-electron chi connectivity index (χ0n) is 13.6. The fourth-order valence-corrected chi connectivity index (χ4v) is 1.89. The van der Waals surface area contributed by atoms with Gasteiger partial charge in [0.1, 0.15) is 6.61 Å². The lowest BCUT2D eigenvalue weighted by atomic mass is 10.1. The highest BCUT2D eigenvalue weighted by Gasteiger charge is 2.15. The summed E-state index contributed by atoms with van der Waals surface area (Å²) in [6.45, 7) is 6.09. The molecule has 0 aliphatic rings. The first kappa shape index (κ1) is 17.7. The van der Waals surface area contributed by atoms with Crippen LogP contribution in [0.5, 0.6) is 0 Å². The van der Waals surface area contributed by atoms with Crippen molar-refractivity contribution in [2.75, 3.05) is 27.2 Å². The van der Waals surface area contributed by atoms with E-state index < -0.39 is 0 Å². The van der Waals surface area contributed by atoms with E-state index in [9.17, 15) is 4.79 Å². The second kappa shape index (κ2) is 9.53. The Hall–Kier alpha value is -1.39. The van der Waals surface area contributed by atoms with Gasteiger partial charge in [-0.3, -0.25) is 4.79 Å². The molecular weight excluding hydrogens is 264 g/mol. The number of hydrogen-bond acceptors (Lipinski definition) is 4.